The van der Waals surface area contributed by atoms with Crippen LogP contribution in [0.15, 0.2) is 54.7 Å². The van der Waals surface area contributed by atoms with Gasteiger partial charge in [0.15, 0.2) is 0 Å². The van der Waals surface area contributed by atoms with Gasteiger partial charge in [-0.1, -0.05) is 42.0 Å². The molecule has 2 bridgehead atoms. The number of nitrogens with zero attached hydrogens (tertiary/aromatic N) is 3. The summed E-state index contributed by atoms with van der Waals surface area (Å²) in [5, 5.41) is 12.3. The van der Waals surface area contributed by atoms with Crippen molar-refractivity contribution in [3.8, 4) is 10.4 Å². The highest BCUT2D eigenvalue weighted by molar-refractivity contribution is 7.15. The molecule has 2 saturated heterocycles. The van der Waals surface area contributed by atoms with E-state index in [1.165, 1.54) is 30.0 Å². The fourth-order valence-corrected chi connectivity index (χ4v) is 6.45. The highest BCUT2D eigenvalue weighted by Crippen LogP contribution is 2.52. The molecule has 6 heteroatoms. The minimum atomic E-state index is -0.340. The molecular formula is C24H25N3O2S. The minimum absolute atomic E-state index is 0.121. The van der Waals surface area contributed by atoms with Gasteiger partial charge in [0.2, 0.25) is 0 Å². The van der Waals surface area contributed by atoms with E-state index in [1.54, 1.807) is 23.5 Å². The van der Waals surface area contributed by atoms with E-state index in [0.29, 0.717) is 23.9 Å². The first kappa shape index (κ1) is 19.4. The summed E-state index contributed by atoms with van der Waals surface area (Å²) in [5.41, 5.74) is 3.68. The molecule has 2 fully saturated rings. The van der Waals surface area contributed by atoms with Gasteiger partial charge in [-0.2, -0.15) is 0 Å². The first-order valence-electron chi connectivity index (χ1n) is 10.5. The number of aromatic nitrogens is 1. The third-order valence-electron chi connectivity index (χ3n) is 6.92. The number of nitro groups is 1. The maximum absolute atomic E-state index is 11.2. The molecule has 30 heavy (non-hydrogen) atoms. The Morgan fingerprint density at radius 3 is 2.73 bits per heavy atom. The van der Waals surface area contributed by atoms with Crippen LogP contribution in [0.3, 0.4) is 0 Å². The van der Waals surface area contributed by atoms with Crippen LogP contribution in [0.5, 0.6) is 0 Å². The molecule has 2 aliphatic rings. The molecule has 0 radical (unpaired) electrons. The summed E-state index contributed by atoms with van der Waals surface area (Å²) < 4.78 is 0. The molecule has 1 aromatic heterocycles. The molecule has 3 aromatic rings. The van der Waals surface area contributed by atoms with Gasteiger partial charge >= 0.3 is 0 Å². The molecule has 2 aromatic carbocycles. The molecule has 0 N–H and O–H groups in total. The van der Waals surface area contributed by atoms with Crippen LogP contribution in [-0.4, -0.2) is 33.9 Å². The second kappa shape index (κ2) is 7.60. The van der Waals surface area contributed by atoms with Gasteiger partial charge in [-0.3, -0.25) is 15.0 Å². The number of non-ortho nitro benzene ring substituents is 1. The van der Waals surface area contributed by atoms with Crippen molar-refractivity contribution in [3.63, 3.8) is 0 Å². The Bertz CT molecular complexity index is 1080. The van der Waals surface area contributed by atoms with Crippen molar-refractivity contribution in [1.29, 1.82) is 0 Å². The quantitative estimate of drug-likeness (QED) is 0.398. The summed E-state index contributed by atoms with van der Waals surface area (Å²) in [5.74, 6) is 0.817. The second-order valence-electron chi connectivity index (χ2n) is 8.61. The number of rotatable bonds is 4. The van der Waals surface area contributed by atoms with E-state index >= 15 is 0 Å². The van der Waals surface area contributed by atoms with E-state index in [4.69, 9.17) is 4.98 Å². The van der Waals surface area contributed by atoms with Crippen molar-refractivity contribution >= 4 is 17.0 Å². The molecule has 154 valence electrons. The smallest absolute Gasteiger partial charge is 0.270 e. The van der Waals surface area contributed by atoms with E-state index in [1.807, 2.05) is 12.3 Å². The van der Waals surface area contributed by atoms with Crippen LogP contribution >= 0.6 is 11.3 Å². The summed E-state index contributed by atoms with van der Waals surface area (Å²) in [6.07, 6.45) is 5.52. The summed E-state index contributed by atoms with van der Waals surface area (Å²) in [4.78, 5) is 19.2. The molecule has 5 nitrogen and oxygen atoms in total. The second-order valence-corrected chi connectivity index (χ2v) is 9.68. The van der Waals surface area contributed by atoms with Crippen LogP contribution in [0.2, 0.25) is 0 Å². The van der Waals surface area contributed by atoms with Gasteiger partial charge in [0.25, 0.3) is 5.69 Å². The van der Waals surface area contributed by atoms with Crippen LogP contribution in [0.25, 0.3) is 10.4 Å². The Labute approximate surface area is 180 Å². The first-order valence-corrected chi connectivity index (χ1v) is 11.3. The third kappa shape index (κ3) is 3.34. The van der Waals surface area contributed by atoms with Gasteiger partial charge in [0, 0.05) is 41.9 Å². The fraction of sp³-hybridized carbons (Fsp3) is 0.375. The number of thiazole rings is 1. The number of nitro benzene ring substituents is 1. The zero-order chi connectivity index (χ0) is 20.8. The zero-order valence-electron chi connectivity index (χ0n) is 17.2. The highest BCUT2D eigenvalue weighted by atomic mass is 32.1. The molecule has 2 aliphatic heterocycles. The van der Waals surface area contributed by atoms with Gasteiger partial charge in [0.1, 0.15) is 0 Å². The lowest BCUT2D eigenvalue weighted by atomic mass is 9.76. The molecule has 0 unspecified atom stereocenters. The SMILES string of the molecule is Cc1ccc([C@H]2C[C@@H]3CC[C@H]([C@H]2c2ncc(-c4cccc([N+](=O)[O-])c4)s2)N3C)cc1. The molecular weight excluding hydrogens is 394 g/mol. The summed E-state index contributed by atoms with van der Waals surface area (Å²) in [6, 6.07) is 17.0. The van der Waals surface area contributed by atoms with E-state index in [0.717, 1.165) is 21.9 Å². The monoisotopic (exact) mass is 419 g/mol. The number of hydrogen-bond donors (Lipinski definition) is 0. The maximum Gasteiger partial charge on any atom is 0.270 e. The molecule has 4 atom stereocenters. The molecule has 3 heterocycles. The lowest BCUT2D eigenvalue weighted by Crippen LogP contribution is -2.44. The number of hydrogen-bond acceptors (Lipinski definition) is 5. The van der Waals surface area contributed by atoms with E-state index < -0.39 is 0 Å². The van der Waals surface area contributed by atoms with Crippen molar-refractivity contribution in [2.75, 3.05) is 7.05 Å². The predicted molar refractivity (Wildman–Crippen MR) is 120 cm³/mol. The Morgan fingerprint density at radius 1 is 1.17 bits per heavy atom. The minimum Gasteiger partial charge on any atom is -0.300 e. The van der Waals surface area contributed by atoms with E-state index in [9.17, 15) is 10.1 Å². The van der Waals surface area contributed by atoms with Crippen molar-refractivity contribution in [2.24, 2.45) is 0 Å². The summed E-state index contributed by atoms with van der Waals surface area (Å²) >= 11 is 1.69. The Morgan fingerprint density at radius 2 is 1.97 bits per heavy atom. The van der Waals surface area contributed by atoms with Gasteiger partial charge in [-0.05, 0) is 44.7 Å². The number of likely N-dealkylation sites (N-methyl/N-ethyl adjacent to an activating group) is 1. The Kier molecular flexibility index (Phi) is 4.91. The lowest BCUT2D eigenvalue weighted by molar-refractivity contribution is -0.384. The highest BCUT2D eigenvalue weighted by Gasteiger charge is 2.47. The molecule has 0 amide bonds. The largest absolute Gasteiger partial charge is 0.300 e. The predicted octanol–water partition coefficient (Wildman–Crippen LogP) is 5.76. The standard InChI is InChI=1S/C24H25N3O2S/c1-15-6-8-16(9-7-15)20-13-18-10-11-21(26(18)2)23(20)24-25-14-22(30-24)17-4-3-5-19(12-17)27(28)29/h3-9,12,14,18,20-21,23H,10-11,13H2,1-2H3/t18-,20+,21+,23-/m0/s1. The van der Waals surface area contributed by atoms with Gasteiger partial charge in [-0.25, -0.2) is 4.98 Å². The van der Waals surface area contributed by atoms with Gasteiger partial charge in [0.05, 0.1) is 14.8 Å². The Balaban J connectivity index is 1.53. The normalized spacial score (nSPS) is 26.1. The molecule has 5 rings (SSSR count). The Hall–Kier alpha value is -2.57. The van der Waals surface area contributed by atoms with E-state index in [2.05, 4.69) is 43.1 Å². The fourth-order valence-electron chi connectivity index (χ4n) is 5.31. The van der Waals surface area contributed by atoms with Crippen LogP contribution in [0.4, 0.5) is 5.69 Å². The van der Waals surface area contributed by atoms with Crippen molar-refractivity contribution in [1.82, 2.24) is 9.88 Å². The molecule has 0 spiro atoms. The maximum atomic E-state index is 11.2. The van der Waals surface area contributed by atoms with Crippen molar-refractivity contribution in [2.45, 2.75) is 50.1 Å². The number of aryl methyl sites for hydroxylation is 1. The average molecular weight is 420 g/mol. The van der Waals surface area contributed by atoms with Crippen molar-refractivity contribution < 1.29 is 4.92 Å². The summed E-state index contributed by atoms with van der Waals surface area (Å²) in [7, 11) is 2.26. The number of benzene rings is 2. The average Bonchev–Trinajstić information content (AvgIpc) is 3.31. The number of piperidine rings is 1. The van der Waals surface area contributed by atoms with Crippen LogP contribution in [0.1, 0.15) is 47.2 Å². The van der Waals surface area contributed by atoms with Crippen LogP contribution < -0.4 is 0 Å². The first-order chi connectivity index (χ1) is 14.5. The topological polar surface area (TPSA) is 59.3 Å². The van der Waals surface area contributed by atoms with Crippen molar-refractivity contribution in [3.05, 3.63) is 81.0 Å². The van der Waals surface area contributed by atoms with Crippen LogP contribution in [-0.2, 0) is 0 Å². The van der Waals surface area contributed by atoms with Crippen LogP contribution in [0, 0.1) is 17.0 Å². The van der Waals surface area contributed by atoms with Gasteiger partial charge in [-0.15, -0.1) is 11.3 Å². The lowest BCUT2D eigenvalue weighted by Gasteiger charge is -2.42. The third-order valence-corrected chi connectivity index (χ3v) is 8.07. The zero-order valence-corrected chi connectivity index (χ0v) is 18.0. The summed E-state index contributed by atoms with van der Waals surface area (Å²) in [6.45, 7) is 2.13. The van der Waals surface area contributed by atoms with E-state index in [-0.39, 0.29) is 10.6 Å². The molecule has 0 aliphatic carbocycles. The van der Waals surface area contributed by atoms with Gasteiger partial charge < -0.3 is 0 Å². The number of fused-ring (bicyclic) bond motifs is 2. The molecule has 0 saturated carbocycles.